The van der Waals surface area contributed by atoms with Crippen LogP contribution in [0, 0.1) is 0 Å². The van der Waals surface area contributed by atoms with Crippen molar-refractivity contribution in [2.24, 2.45) is 5.73 Å². The van der Waals surface area contributed by atoms with Crippen molar-refractivity contribution in [3.63, 3.8) is 0 Å². The van der Waals surface area contributed by atoms with Gasteiger partial charge in [-0.1, -0.05) is 0 Å². The maximum atomic E-state index is 5.30. The van der Waals surface area contributed by atoms with Crippen LogP contribution in [-0.2, 0) is 36.6 Å². The second kappa shape index (κ2) is 5.29. The van der Waals surface area contributed by atoms with Gasteiger partial charge in [-0.2, -0.15) is 0 Å². The molecule has 0 aliphatic rings. The van der Waals surface area contributed by atoms with Crippen molar-refractivity contribution in [1.82, 2.24) is 0 Å². The third-order valence-electron chi connectivity index (χ3n) is 0.605. The van der Waals surface area contributed by atoms with Gasteiger partial charge in [0.25, 0.3) is 0 Å². The van der Waals surface area contributed by atoms with Gasteiger partial charge in [0.1, 0.15) is 0 Å². The molecule has 1 unspecified atom stereocenters. The van der Waals surface area contributed by atoms with Crippen molar-refractivity contribution < 1.29 is 36.6 Å². The Morgan fingerprint density at radius 2 is 2.38 bits per heavy atom. The third kappa shape index (κ3) is 5.62. The maximum absolute atomic E-state index is 5.30. The molecule has 0 radical (unpaired) electrons. The first-order chi connectivity index (χ1) is 3.66. The molecule has 0 spiro atoms. The van der Waals surface area contributed by atoms with E-state index in [1.807, 2.05) is 0 Å². The number of hydrogen-bond acceptors (Lipinski definition) is 2. The Hall–Kier alpha value is 1.49. The van der Waals surface area contributed by atoms with Gasteiger partial charge >= 0.3 is 79.5 Å². The van der Waals surface area contributed by atoms with E-state index >= 15 is 0 Å². The van der Waals surface area contributed by atoms with Gasteiger partial charge in [0.15, 0.2) is 0 Å². The average molecular weight is 250 g/mol. The Morgan fingerprint density at radius 1 is 1.88 bits per heavy atom. The van der Waals surface area contributed by atoms with Gasteiger partial charge in [-0.25, -0.2) is 0 Å². The zero-order chi connectivity index (χ0) is 6.57. The third-order valence-corrected chi connectivity index (χ3v) is 9.53. The molecule has 1 nitrogen and oxygen atoms in total. The molecule has 38 valence electrons. The van der Waals surface area contributed by atoms with Gasteiger partial charge in [-0.3, -0.25) is 0 Å². The Balaban J connectivity index is 3.24. The quantitative estimate of drug-likeness (QED) is 0.580. The topological polar surface area (TPSA) is 26.0 Å². The fourth-order valence-corrected chi connectivity index (χ4v) is 3.71. The second-order valence-corrected chi connectivity index (χ2v) is 7.91. The minimum absolute atomic E-state index is 0.606. The Bertz CT molecular complexity index is 87.4. The van der Waals surface area contributed by atoms with E-state index in [0.717, 1.165) is 3.84 Å². The summed E-state index contributed by atoms with van der Waals surface area (Å²) in [5.41, 5.74) is 5.30. The van der Waals surface area contributed by atoms with Gasteiger partial charge in [0.2, 0.25) is 0 Å². The zero-order valence-electron chi connectivity index (χ0n) is 4.59. The van der Waals surface area contributed by atoms with Crippen LogP contribution in [0.15, 0.2) is 0 Å². The van der Waals surface area contributed by atoms with Gasteiger partial charge < -0.3 is 0 Å². The molecule has 0 bridgehead atoms. The summed E-state index contributed by atoms with van der Waals surface area (Å²) in [6.07, 6.45) is 0. The van der Waals surface area contributed by atoms with Crippen LogP contribution in [0.1, 0.15) is 0 Å². The van der Waals surface area contributed by atoms with Crippen molar-refractivity contribution in [3.05, 3.63) is 0 Å². The Morgan fingerprint density at radius 3 is 2.50 bits per heavy atom. The fraction of sp³-hybridized carbons (Fsp3) is 0.667. The zero-order valence-corrected chi connectivity index (χ0v) is 12.2. The first kappa shape index (κ1) is 9.49. The van der Waals surface area contributed by atoms with Crippen LogP contribution in [0.2, 0.25) is 5.02 Å². The summed E-state index contributed by atoms with van der Waals surface area (Å²) < 4.78 is 1.36. The van der Waals surface area contributed by atoms with Gasteiger partial charge in [0, 0.05) is 0 Å². The van der Waals surface area contributed by atoms with Gasteiger partial charge in [0.05, 0.1) is 0 Å². The fourth-order valence-electron chi connectivity index (χ4n) is 0.223. The van der Waals surface area contributed by atoms with Crippen molar-refractivity contribution in [1.29, 1.82) is 0 Å². The van der Waals surface area contributed by atoms with Crippen LogP contribution in [-0.4, -0.2) is 8.16 Å². The van der Waals surface area contributed by atoms with Gasteiger partial charge in [-0.05, 0) is 0 Å². The van der Waals surface area contributed by atoms with Crippen LogP contribution < -0.4 is 5.73 Å². The summed E-state index contributed by atoms with van der Waals surface area (Å²) in [4.78, 5) is 0. The number of rotatable bonds is 2. The first-order valence-corrected chi connectivity index (χ1v) is 7.35. The number of nitrogens with two attached hydrogens (primary N) is 1. The monoisotopic (exact) mass is 247 g/mol. The van der Waals surface area contributed by atoms with Crippen LogP contribution in [0.3, 0.4) is 0 Å². The van der Waals surface area contributed by atoms with E-state index < -0.39 is 0 Å². The molecule has 2 N–H and O–H groups in total. The number of hydrogen-bond donors (Lipinski definition) is 1. The molecule has 5 heteroatoms. The van der Waals surface area contributed by atoms with Crippen LogP contribution in [0.25, 0.3) is 0 Å². The molecule has 0 aromatic carbocycles. The van der Waals surface area contributed by atoms with E-state index in [4.69, 9.17) is 18.0 Å². The minimum atomic E-state index is 0.606. The van der Waals surface area contributed by atoms with E-state index in [0.29, 0.717) is 4.32 Å². The molecular weight excluding hydrogens is 245 g/mol. The van der Waals surface area contributed by atoms with Crippen molar-refractivity contribution in [2.45, 2.75) is 8.86 Å². The molecule has 1 atom stereocenters. The molecule has 8 heavy (non-hydrogen) atoms. The molecule has 0 heterocycles. The SMILES string of the molecule is NC(=S)S[CH]([Zn])[CH2][Zn]. The molecule has 0 fully saturated rings. The van der Waals surface area contributed by atoms with Crippen LogP contribution in [0.5, 0.6) is 0 Å². The van der Waals surface area contributed by atoms with Crippen molar-refractivity contribution in [3.8, 4) is 0 Å². The number of thioether (sulfide) groups is 1. The van der Waals surface area contributed by atoms with E-state index in [1.165, 1.54) is 41.6 Å². The predicted octanol–water partition coefficient (Wildman–Crippen LogP) is 0.801. The van der Waals surface area contributed by atoms with E-state index in [2.05, 4.69) is 0 Å². The normalized spacial score (nSPS) is 13.5. The summed E-state index contributed by atoms with van der Waals surface area (Å²) in [6.45, 7) is 0. The Labute approximate surface area is 78.9 Å². The second-order valence-electron chi connectivity index (χ2n) is 1.35. The molecule has 0 saturated heterocycles. The standard InChI is InChI=1S/C3H5NS2.2Zn/c1-2-6-3(4)5;;/h2H,1H2,(H2,4,5);;. The van der Waals surface area contributed by atoms with Crippen LogP contribution >= 0.6 is 24.0 Å². The molecule has 0 amide bonds. The molecular formula is C3H5NS2Zn2. The molecule has 0 saturated carbocycles. The molecule has 0 aromatic rings. The summed E-state index contributed by atoms with van der Waals surface area (Å²) in [5, 5.41) is 1.31. The molecule has 0 rings (SSSR count). The van der Waals surface area contributed by atoms with E-state index in [-0.39, 0.29) is 0 Å². The van der Waals surface area contributed by atoms with Crippen molar-refractivity contribution in [2.75, 3.05) is 0 Å². The summed E-state index contributed by atoms with van der Waals surface area (Å²) in [6, 6.07) is 0. The van der Waals surface area contributed by atoms with Crippen LogP contribution in [0.4, 0.5) is 0 Å². The number of thiocarbonyl (C=S) groups is 1. The molecule has 0 aromatic heterocycles. The predicted molar refractivity (Wildman–Crippen MR) is 33.0 cm³/mol. The Kier molecular flexibility index (Phi) is 6.27. The molecule has 0 aliphatic heterocycles. The van der Waals surface area contributed by atoms with Crippen molar-refractivity contribution >= 4 is 28.3 Å². The summed E-state index contributed by atoms with van der Waals surface area (Å²) in [5.74, 6) is 0. The summed E-state index contributed by atoms with van der Waals surface area (Å²) >= 11 is 9.03. The molecule has 0 aliphatic carbocycles. The summed E-state index contributed by atoms with van der Waals surface area (Å²) in [7, 11) is 0. The average Bonchev–Trinajstić information content (AvgIpc) is 1.65. The first-order valence-electron chi connectivity index (χ1n) is 2.25. The van der Waals surface area contributed by atoms with E-state index in [9.17, 15) is 0 Å². The van der Waals surface area contributed by atoms with E-state index in [1.54, 1.807) is 11.8 Å². The van der Waals surface area contributed by atoms with Gasteiger partial charge in [-0.15, -0.1) is 0 Å².